The molecule has 1 aromatic carbocycles. The van der Waals surface area contributed by atoms with E-state index in [1.54, 1.807) is 0 Å². The number of ether oxygens (including phenoxy) is 1. The van der Waals surface area contributed by atoms with Crippen LogP contribution in [0.2, 0.25) is 10.0 Å². The molecule has 0 heterocycles. The van der Waals surface area contributed by atoms with Crippen molar-refractivity contribution in [3.63, 3.8) is 0 Å². The Kier molecular flexibility index (Phi) is 4.05. The summed E-state index contributed by atoms with van der Waals surface area (Å²) in [4.78, 5) is -0.257. The van der Waals surface area contributed by atoms with Crippen LogP contribution in [0.3, 0.4) is 0 Å². The second kappa shape index (κ2) is 4.93. The number of benzene rings is 1. The van der Waals surface area contributed by atoms with Gasteiger partial charge in [0, 0.05) is 6.07 Å². The van der Waals surface area contributed by atoms with Crippen LogP contribution in [0, 0.1) is 12.3 Å². The molecule has 0 aliphatic carbocycles. The van der Waals surface area contributed by atoms with Crippen LogP contribution < -0.4 is 9.88 Å². The second-order valence-electron chi connectivity index (χ2n) is 2.75. The van der Waals surface area contributed by atoms with Crippen molar-refractivity contribution in [2.45, 2.75) is 4.90 Å². The maximum Gasteiger partial charge on any atom is 0.239 e. The van der Waals surface area contributed by atoms with Gasteiger partial charge < -0.3 is 4.74 Å². The molecule has 0 aliphatic rings. The molecule has 86 valence electrons. The van der Waals surface area contributed by atoms with Crippen LogP contribution in [-0.2, 0) is 10.0 Å². The lowest BCUT2D eigenvalue weighted by atomic mass is 10.3. The van der Waals surface area contributed by atoms with Crippen molar-refractivity contribution in [1.29, 1.82) is 0 Å². The Morgan fingerprint density at radius 1 is 1.38 bits per heavy atom. The fourth-order valence-electron chi connectivity index (χ4n) is 0.958. The Morgan fingerprint density at radius 3 is 2.50 bits per heavy atom. The van der Waals surface area contributed by atoms with Gasteiger partial charge in [0.2, 0.25) is 10.0 Å². The summed E-state index contributed by atoms with van der Waals surface area (Å²) in [6.45, 7) is 0.00473. The summed E-state index contributed by atoms with van der Waals surface area (Å²) in [5.74, 6) is 2.45. The van der Waals surface area contributed by atoms with E-state index in [0.29, 0.717) is 0 Å². The molecular weight excluding hydrogens is 273 g/mol. The number of nitrogens with two attached hydrogens (primary N) is 1. The third-order valence-corrected chi connectivity index (χ3v) is 3.27. The number of primary sulfonamides is 1. The highest BCUT2D eigenvalue weighted by Gasteiger charge is 2.16. The van der Waals surface area contributed by atoms with Crippen LogP contribution in [0.5, 0.6) is 5.75 Å². The van der Waals surface area contributed by atoms with Gasteiger partial charge in [0.25, 0.3) is 0 Å². The smallest absolute Gasteiger partial charge is 0.239 e. The minimum absolute atomic E-state index is 0.00473. The molecule has 0 saturated carbocycles. The van der Waals surface area contributed by atoms with Crippen molar-refractivity contribution in [1.82, 2.24) is 0 Å². The normalized spacial score (nSPS) is 10.9. The van der Waals surface area contributed by atoms with Gasteiger partial charge in [0.05, 0.1) is 10.0 Å². The van der Waals surface area contributed by atoms with Crippen molar-refractivity contribution in [2.24, 2.45) is 5.14 Å². The Morgan fingerprint density at radius 2 is 2.00 bits per heavy atom. The van der Waals surface area contributed by atoms with E-state index in [9.17, 15) is 8.42 Å². The minimum Gasteiger partial charge on any atom is -0.479 e. The first-order valence-electron chi connectivity index (χ1n) is 3.94. The number of hydrogen-bond acceptors (Lipinski definition) is 3. The first-order chi connectivity index (χ1) is 7.36. The quantitative estimate of drug-likeness (QED) is 0.856. The molecule has 0 aliphatic heterocycles. The molecule has 0 saturated heterocycles. The van der Waals surface area contributed by atoms with Gasteiger partial charge in [-0.2, -0.15) is 0 Å². The number of terminal acetylenes is 1. The van der Waals surface area contributed by atoms with Gasteiger partial charge in [0.1, 0.15) is 17.3 Å². The maximum absolute atomic E-state index is 11.1. The number of hydrogen-bond donors (Lipinski definition) is 1. The Bertz CT molecular complexity index is 549. The fourth-order valence-corrected chi connectivity index (χ4v) is 2.33. The van der Waals surface area contributed by atoms with Crippen molar-refractivity contribution < 1.29 is 13.2 Å². The average molecular weight is 280 g/mol. The van der Waals surface area contributed by atoms with Crippen LogP contribution in [0.25, 0.3) is 0 Å². The summed E-state index contributed by atoms with van der Waals surface area (Å²) < 4.78 is 27.2. The van der Waals surface area contributed by atoms with Crippen LogP contribution in [-0.4, -0.2) is 15.0 Å². The lowest BCUT2D eigenvalue weighted by molar-refractivity contribution is 0.370. The molecule has 4 nitrogen and oxygen atoms in total. The molecule has 0 bridgehead atoms. The Hall–Kier alpha value is -0.930. The van der Waals surface area contributed by atoms with Gasteiger partial charge in [-0.3, -0.25) is 0 Å². The van der Waals surface area contributed by atoms with E-state index in [4.69, 9.17) is 39.5 Å². The predicted octanol–water partition coefficient (Wildman–Crippen LogP) is 1.65. The summed E-state index contributed by atoms with van der Waals surface area (Å²) in [7, 11) is -3.91. The van der Waals surface area contributed by atoms with E-state index in [-0.39, 0.29) is 27.3 Å². The van der Waals surface area contributed by atoms with Gasteiger partial charge in [-0.25, -0.2) is 13.6 Å². The predicted molar refractivity (Wildman–Crippen MR) is 62.2 cm³/mol. The number of rotatable bonds is 3. The fraction of sp³-hybridized carbons (Fsp3) is 0.111. The van der Waals surface area contributed by atoms with E-state index in [2.05, 4.69) is 5.92 Å². The van der Waals surface area contributed by atoms with Crippen molar-refractivity contribution >= 4 is 33.2 Å². The van der Waals surface area contributed by atoms with Crippen molar-refractivity contribution in [3.8, 4) is 18.1 Å². The SMILES string of the molecule is C#CCOc1cc(Cl)c(S(N)(=O)=O)cc1Cl. The lowest BCUT2D eigenvalue weighted by Crippen LogP contribution is -2.13. The summed E-state index contributed by atoms with van der Waals surface area (Å²) in [5.41, 5.74) is 0. The molecule has 0 fully saturated rings. The summed E-state index contributed by atoms with van der Waals surface area (Å²) >= 11 is 11.5. The van der Waals surface area contributed by atoms with E-state index in [0.717, 1.165) is 6.07 Å². The largest absolute Gasteiger partial charge is 0.479 e. The van der Waals surface area contributed by atoms with Gasteiger partial charge in [-0.15, -0.1) is 6.42 Å². The van der Waals surface area contributed by atoms with Gasteiger partial charge in [-0.1, -0.05) is 29.1 Å². The van der Waals surface area contributed by atoms with Gasteiger partial charge in [0.15, 0.2) is 0 Å². The molecule has 2 N–H and O–H groups in total. The molecular formula is C9H7Cl2NO3S. The minimum atomic E-state index is -3.91. The Balaban J connectivity index is 3.23. The summed E-state index contributed by atoms with van der Waals surface area (Å²) in [6.07, 6.45) is 5.00. The molecule has 1 rings (SSSR count). The third kappa shape index (κ3) is 3.03. The number of halogens is 2. The molecule has 0 radical (unpaired) electrons. The summed E-state index contributed by atoms with van der Waals surface area (Å²) in [5, 5.41) is 4.94. The average Bonchev–Trinajstić information content (AvgIpc) is 2.17. The third-order valence-electron chi connectivity index (χ3n) is 1.60. The molecule has 0 unspecified atom stereocenters. The van der Waals surface area contributed by atoms with E-state index >= 15 is 0 Å². The zero-order valence-electron chi connectivity index (χ0n) is 7.91. The molecule has 7 heteroatoms. The van der Waals surface area contributed by atoms with Crippen LogP contribution in [0.15, 0.2) is 17.0 Å². The van der Waals surface area contributed by atoms with Crippen LogP contribution >= 0.6 is 23.2 Å². The van der Waals surface area contributed by atoms with Crippen LogP contribution in [0.1, 0.15) is 0 Å². The first kappa shape index (κ1) is 13.1. The monoisotopic (exact) mass is 279 g/mol. The van der Waals surface area contributed by atoms with Gasteiger partial charge >= 0.3 is 0 Å². The zero-order chi connectivity index (χ0) is 12.3. The molecule has 1 aromatic rings. The van der Waals surface area contributed by atoms with Crippen molar-refractivity contribution in [3.05, 3.63) is 22.2 Å². The Labute approximate surface area is 103 Å². The molecule has 0 aromatic heterocycles. The van der Waals surface area contributed by atoms with Crippen LogP contribution in [0.4, 0.5) is 0 Å². The highest BCUT2D eigenvalue weighted by atomic mass is 35.5. The maximum atomic E-state index is 11.1. The molecule has 0 spiro atoms. The number of sulfonamides is 1. The molecule has 16 heavy (non-hydrogen) atoms. The molecule has 0 amide bonds. The highest BCUT2D eigenvalue weighted by Crippen LogP contribution is 2.32. The topological polar surface area (TPSA) is 69.4 Å². The highest BCUT2D eigenvalue weighted by molar-refractivity contribution is 7.89. The zero-order valence-corrected chi connectivity index (χ0v) is 10.2. The first-order valence-corrected chi connectivity index (χ1v) is 6.24. The van der Waals surface area contributed by atoms with E-state index in [1.165, 1.54) is 6.07 Å². The van der Waals surface area contributed by atoms with Gasteiger partial charge in [-0.05, 0) is 6.07 Å². The lowest BCUT2D eigenvalue weighted by Gasteiger charge is -2.08. The van der Waals surface area contributed by atoms with Crippen molar-refractivity contribution in [2.75, 3.05) is 6.61 Å². The van der Waals surface area contributed by atoms with E-state index in [1.807, 2.05) is 0 Å². The standard InChI is InChI=1S/C9H7Cl2NO3S/c1-2-3-15-8-4-7(11)9(5-6(8)10)16(12,13)14/h1,4-5H,3H2,(H2,12,13,14). The van der Waals surface area contributed by atoms with E-state index < -0.39 is 10.0 Å². The molecule has 0 atom stereocenters. The summed E-state index contributed by atoms with van der Waals surface area (Å²) in [6, 6.07) is 2.37. The second-order valence-corrected chi connectivity index (χ2v) is 5.10.